The molecule has 1 heteroatoms. The zero-order valence-corrected chi connectivity index (χ0v) is 8.42. The quantitative estimate of drug-likeness (QED) is 0.672. The Kier molecular flexibility index (Phi) is 4.07. The van der Waals surface area contributed by atoms with Crippen LogP contribution in [0.15, 0.2) is 0 Å². The predicted molar refractivity (Wildman–Crippen MR) is 52.0 cm³/mol. The summed E-state index contributed by atoms with van der Waals surface area (Å²) in [6.07, 6.45) is 7.58. The molecule has 0 aromatic rings. The molecular weight excluding hydrogens is 148 g/mol. The molecular formula is C11H22O. The average Bonchev–Trinajstić information content (AvgIpc) is 2.01. The molecule has 0 aromatic heterocycles. The smallest absolute Gasteiger partial charge is 0.0566 e. The highest BCUT2D eigenvalue weighted by Gasteiger charge is 2.32. The summed E-state index contributed by atoms with van der Waals surface area (Å²) in [5.41, 5.74) is 0. The maximum absolute atomic E-state index is 9.52. The molecule has 0 saturated heterocycles. The van der Waals surface area contributed by atoms with Crippen molar-refractivity contribution in [1.29, 1.82) is 0 Å². The van der Waals surface area contributed by atoms with Crippen LogP contribution in [0.3, 0.4) is 0 Å². The predicted octanol–water partition coefficient (Wildman–Crippen LogP) is 2.97. The van der Waals surface area contributed by atoms with Crippen LogP contribution in [0.4, 0.5) is 0 Å². The number of hydrogen-bond acceptors (Lipinski definition) is 1. The van der Waals surface area contributed by atoms with Gasteiger partial charge in [0.2, 0.25) is 0 Å². The van der Waals surface area contributed by atoms with Crippen LogP contribution in [-0.2, 0) is 0 Å². The maximum atomic E-state index is 9.52. The van der Waals surface area contributed by atoms with Gasteiger partial charge in [-0.15, -0.1) is 0 Å². The van der Waals surface area contributed by atoms with Crippen molar-refractivity contribution < 1.29 is 5.11 Å². The monoisotopic (exact) mass is 170 g/mol. The second-order valence-corrected chi connectivity index (χ2v) is 4.22. The van der Waals surface area contributed by atoms with Crippen molar-refractivity contribution in [2.45, 2.75) is 58.5 Å². The lowest BCUT2D eigenvalue weighted by molar-refractivity contribution is 0.0221. The van der Waals surface area contributed by atoms with E-state index >= 15 is 0 Å². The lowest BCUT2D eigenvalue weighted by Crippen LogP contribution is -2.33. The van der Waals surface area contributed by atoms with Crippen LogP contribution in [0, 0.1) is 11.8 Å². The molecule has 0 unspecified atom stereocenters. The fraction of sp³-hybridized carbons (Fsp3) is 1.00. The first kappa shape index (κ1) is 10.0. The average molecular weight is 170 g/mol. The van der Waals surface area contributed by atoms with Gasteiger partial charge in [0.1, 0.15) is 0 Å². The first-order valence-corrected chi connectivity index (χ1v) is 5.46. The largest absolute Gasteiger partial charge is 0.393 e. The minimum absolute atomic E-state index is 0.0112. The first-order chi connectivity index (χ1) is 5.77. The van der Waals surface area contributed by atoms with Crippen molar-refractivity contribution in [2.75, 3.05) is 0 Å². The highest BCUT2D eigenvalue weighted by Crippen LogP contribution is 2.39. The Hall–Kier alpha value is -0.0400. The number of hydrogen-bond donors (Lipinski definition) is 1. The van der Waals surface area contributed by atoms with Crippen LogP contribution in [0.25, 0.3) is 0 Å². The van der Waals surface area contributed by atoms with Crippen LogP contribution in [0.2, 0.25) is 0 Å². The molecule has 0 radical (unpaired) electrons. The van der Waals surface area contributed by atoms with Crippen LogP contribution in [0.1, 0.15) is 52.4 Å². The molecule has 0 heterocycles. The second-order valence-electron chi connectivity index (χ2n) is 4.22. The van der Waals surface area contributed by atoms with E-state index in [4.69, 9.17) is 0 Å². The van der Waals surface area contributed by atoms with Gasteiger partial charge in [-0.05, 0) is 31.1 Å². The Bertz CT molecular complexity index is 116. The number of aliphatic hydroxyl groups excluding tert-OH is 1. The molecule has 1 atom stereocenters. The first-order valence-electron chi connectivity index (χ1n) is 5.46. The number of unbranched alkanes of at least 4 members (excludes halogenated alkanes) is 1. The van der Waals surface area contributed by atoms with Gasteiger partial charge < -0.3 is 5.11 Å². The Labute approximate surface area is 76.2 Å². The molecule has 1 fully saturated rings. The van der Waals surface area contributed by atoms with E-state index in [1.807, 2.05) is 0 Å². The highest BCUT2D eigenvalue weighted by molar-refractivity contribution is 4.83. The third-order valence-electron chi connectivity index (χ3n) is 3.20. The van der Waals surface area contributed by atoms with Crippen molar-refractivity contribution in [3.05, 3.63) is 0 Å². The van der Waals surface area contributed by atoms with Gasteiger partial charge in [0.15, 0.2) is 0 Å². The number of rotatable bonds is 5. The van der Waals surface area contributed by atoms with E-state index in [2.05, 4.69) is 13.8 Å². The van der Waals surface area contributed by atoms with Crippen LogP contribution >= 0.6 is 0 Å². The minimum atomic E-state index is -0.0112. The molecule has 0 aliphatic heterocycles. The second kappa shape index (κ2) is 4.86. The molecule has 72 valence electrons. The molecule has 1 saturated carbocycles. The fourth-order valence-corrected chi connectivity index (χ4v) is 2.16. The van der Waals surface area contributed by atoms with Gasteiger partial charge in [-0.2, -0.15) is 0 Å². The summed E-state index contributed by atoms with van der Waals surface area (Å²) in [7, 11) is 0. The zero-order valence-electron chi connectivity index (χ0n) is 8.42. The minimum Gasteiger partial charge on any atom is -0.393 e. The van der Waals surface area contributed by atoms with E-state index < -0.39 is 0 Å². The Morgan fingerprint density at radius 3 is 2.50 bits per heavy atom. The Morgan fingerprint density at radius 2 is 2.00 bits per heavy atom. The van der Waals surface area contributed by atoms with Crippen molar-refractivity contribution in [3.63, 3.8) is 0 Å². The van der Waals surface area contributed by atoms with Crippen LogP contribution < -0.4 is 0 Å². The lowest BCUT2D eigenvalue weighted by Gasteiger charge is -2.38. The lowest BCUT2D eigenvalue weighted by atomic mass is 9.69. The molecule has 1 aliphatic carbocycles. The summed E-state index contributed by atoms with van der Waals surface area (Å²) in [4.78, 5) is 0. The van der Waals surface area contributed by atoms with Gasteiger partial charge in [-0.3, -0.25) is 0 Å². The third kappa shape index (κ3) is 2.48. The zero-order chi connectivity index (χ0) is 8.97. The summed E-state index contributed by atoms with van der Waals surface area (Å²) in [6.45, 7) is 4.32. The normalized spacial score (nSPS) is 31.2. The molecule has 1 aliphatic rings. The van der Waals surface area contributed by atoms with E-state index in [1.165, 1.54) is 32.1 Å². The molecule has 0 aromatic carbocycles. The maximum Gasteiger partial charge on any atom is 0.0566 e. The highest BCUT2D eigenvalue weighted by atomic mass is 16.3. The SMILES string of the molecule is CCCCC1CC([C@@H](O)CC)C1. The summed E-state index contributed by atoms with van der Waals surface area (Å²) >= 11 is 0. The van der Waals surface area contributed by atoms with Gasteiger partial charge in [0.25, 0.3) is 0 Å². The molecule has 1 N–H and O–H groups in total. The summed E-state index contributed by atoms with van der Waals surface area (Å²) in [6, 6.07) is 0. The van der Waals surface area contributed by atoms with E-state index in [-0.39, 0.29) is 6.10 Å². The van der Waals surface area contributed by atoms with Gasteiger partial charge in [0.05, 0.1) is 6.10 Å². The van der Waals surface area contributed by atoms with Gasteiger partial charge in [-0.25, -0.2) is 0 Å². The molecule has 0 bridgehead atoms. The van der Waals surface area contributed by atoms with E-state index in [1.54, 1.807) is 0 Å². The Morgan fingerprint density at radius 1 is 1.33 bits per heavy atom. The van der Waals surface area contributed by atoms with Gasteiger partial charge in [0, 0.05) is 0 Å². The molecule has 1 nitrogen and oxygen atoms in total. The van der Waals surface area contributed by atoms with Crippen molar-refractivity contribution >= 4 is 0 Å². The van der Waals surface area contributed by atoms with Crippen molar-refractivity contribution in [2.24, 2.45) is 11.8 Å². The molecule has 0 amide bonds. The van der Waals surface area contributed by atoms with Crippen LogP contribution in [0.5, 0.6) is 0 Å². The topological polar surface area (TPSA) is 20.2 Å². The molecule has 12 heavy (non-hydrogen) atoms. The van der Waals surface area contributed by atoms with E-state index in [0.717, 1.165) is 12.3 Å². The molecule has 0 spiro atoms. The van der Waals surface area contributed by atoms with Crippen molar-refractivity contribution in [3.8, 4) is 0 Å². The molecule has 1 rings (SSSR count). The van der Waals surface area contributed by atoms with Crippen LogP contribution in [-0.4, -0.2) is 11.2 Å². The van der Waals surface area contributed by atoms with Gasteiger partial charge in [-0.1, -0.05) is 33.1 Å². The van der Waals surface area contributed by atoms with Crippen molar-refractivity contribution in [1.82, 2.24) is 0 Å². The van der Waals surface area contributed by atoms with Gasteiger partial charge >= 0.3 is 0 Å². The Balaban J connectivity index is 2.03. The van der Waals surface area contributed by atoms with E-state index in [0.29, 0.717) is 5.92 Å². The third-order valence-corrected chi connectivity index (χ3v) is 3.20. The summed E-state index contributed by atoms with van der Waals surface area (Å²) < 4.78 is 0. The fourth-order valence-electron chi connectivity index (χ4n) is 2.16. The van der Waals surface area contributed by atoms with E-state index in [9.17, 15) is 5.11 Å². The number of aliphatic hydroxyl groups is 1. The summed E-state index contributed by atoms with van der Waals surface area (Å²) in [5, 5.41) is 9.52. The summed E-state index contributed by atoms with van der Waals surface area (Å²) in [5.74, 6) is 1.58. The standard InChI is InChI=1S/C11H22O/c1-3-5-6-9-7-10(8-9)11(12)4-2/h9-12H,3-8H2,1-2H3/t9?,10?,11-/m0/s1.